The van der Waals surface area contributed by atoms with Crippen molar-refractivity contribution in [3.63, 3.8) is 0 Å². The topological polar surface area (TPSA) is 158 Å². The van der Waals surface area contributed by atoms with Crippen LogP contribution in [0.5, 0.6) is 5.75 Å². The number of aliphatic hydroxyl groups excluding tert-OH is 2. The number of nitrogens with zero attached hydrogens (tertiary/aromatic N) is 5. The van der Waals surface area contributed by atoms with Crippen molar-refractivity contribution in [2.45, 2.75) is 69.3 Å². The molecule has 0 radical (unpaired) electrons. The predicted molar refractivity (Wildman–Crippen MR) is 194 cm³/mol. The minimum absolute atomic E-state index is 0.0232. The van der Waals surface area contributed by atoms with E-state index in [0.29, 0.717) is 69.1 Å². The summed E-state index contributed by atoms with van der Waals surface area (Å²) >= 11 is 0.434. The van der Waals surface area contributed by atoms with Crippen LogP contribution in [-0.2, 0) is 34.7 Å². The molecule has 15 heteroatoms. The maximum absolute atomic E-state index is 13.9. The monoisotopic (exact) mass is 787 g/mol. The van der Waals surface area contributed by atoms with Crippen LogP contribution in [0, 0.1) is 0 Å². The summed E-state index contributed by atoms with van der Waals surface area (Å²) in [5.74, 6) is 0.545. The van der Waals surface area contributed by atoms with Crippen molar-refractivity contribution in [3.05, 3.63) is 56.9 Å². The molecule has 6 heterocycles. The van der Waals surface area contributed by atoms with Crippen molar-refractivity contribution >= 4 is 47.0 Å². The van der Waals surface area contributed by atoms with E-state index < -0.39 is 11.6 Å². The van der Waals surface area contributed by atoms with E-state index in [0.717, 1.165) is 53.6 Å². The number of hydrogen-bond acceptors (Lipinski definition) is 12. The molecular formula is C36H45N5O8SSe. The molecule has 2 aromatic heterocycles. The number of esters is 1. The van der Waals surface area contributed by atoms with Gasteiger partial charge < -0.3 is 14.4 Å². The van der Waals surface area contributed by atoms with Crippen LogP contribution in [0.4, 0.5) is 4.79 Å². The van der Waals surface area contributed by atoms with Gasteiger partial charge in [-0.15, -0.1) is 0 Å². The van der Waals surface area contributed by atoms with Crippen LogP contribution in [0.25, 0.3) is 22.3 Å². The zero-order chi connectivity index (χ0) is 35.9. The number of amides is 1. The van der Waals surface area contributed by atoms with Crippen molar-refractivity contribution in [2.24, 2.45) is 0 Å². The van der Waals surface area contributed by atoms with Crippen LogP contribution in [0.2, 0.25) is 5.32 Å². The smallest absolute Gasteiger partial charge is 0.458 e. The van der Waals surface area contributed by atoms with Crippen molar-refractivity contribution in [2.75, 3.05) is 58.2 Å². The molecule has 4 aliphatic rings. The first-order valence-corrected chi connectivity index (χ1v) is 22.0. The van der Waals surface area contributed by atoms with E-state index in [1.807, 2.05) is 34.1 Å². The van der Waals surface area contributed by atoms with E-state index in [-0.39, 0.29) is 61.1 Å². The van der Waals surface area contributed by atoms with Gasteiger partial charge in [0, 0.05) is 5.56 Å². The number of cyclic esters (lactones) is 1. The Hall–Kier alpha value is -3.01. The van der Waals surface area contributed by atoms with Crippen LogP contribution in [0.15, 0.2) is 29.1 Å². The molecular weight excluding hydrogens is 741 g/mol. The molecule has 274 valence electrons. The molecule has 7 rings (SSSR count). The van der Waals surface area contributed by atoms with E-state index in [1.54, 1.807) is 23.6 Å². The van der Waals surface area contributed by atoms with E-state index in [1.165, 1.54) is 0 Å². The third kappa shape index (κ3) is 6.61. The number of fused-ring (bicyclic) bond motifs is 6. The summed E-state index contributed by atoms with van der Waals surface area (Å²) in [6, 6.07) is 7.45. The summed E-state index contributed by atoms with van der Waals surface area (Å²) in [6.45, 7) is 8.06. The van der Waals surface area contributed by atoms with Gasteiger partial charge in [-0.25, -0.2) is 4.79 Å². The zero-order valence-electron chi connectivity index (χ0n) is 29.0. The second-order valence-electron chi connectivity index (χ2n) is 13.5. The number of benzene rings is 1. The number of aromatic nitrogens is 2. The Bertz CT molecular complexity index is 1890. The quantitative estimate of drug-likeness (QED) is 0.159. The van der Waals surface area contributed by atoms with Gasteiger partial charge in [0.25, 0.3) is 5.56 Å². The number of ether oxygens (including phenoxy) is 2. The molecule has 2 fully saturated rings. The first kappa shape index (κ1) is 36.4. The van der Waals surface area contributed by atoms with E-state index in [4.69, 9.17) is 14.5 Å². The third-order valence-electron chi connectivity index (χ3n) is 10.8. The fourth-order valence-electron chi connectivity index (χ4n) is 8.04. The van der Waals surface area contributed by atoms with Gasteiger partial charge in [0.2, 0.25) is 0 Å². The van der Waals surface area contributed by atoms with Crippen LogP contribution >= 0.6 is 10.2 Å². The maximum atomic E-state index is 13.9. The molecule has 0 unspecified atom stereocenters. The van der Waals surface area contributed by atoms with Gasteiger partial charge in [-0.1, -0.05) is 6.92 Å². The molecule has 1 amide bonds. The number of carbonyl (C=O) groups excluding carboxylic acids is 2. The van der Waals surface area contributed by atoms with Gasteiger partial charge in [0.1, 0.15) is 6.61 Å². The Kier molecular flexibility index (Phi) is 10.8. The normalized spacial score (nSPS) is 23.0. The molecule has 51 heavy (non-hydrogen) atoms. The Labute approximate surface area is 306 Å². The van der Waals surface area contributed by atoms with Crippen LogP contribution < -0.4 is 10.3 Å². The molecule has 2 saturated heterocycles. The Morgan fingerprint density at radius 2 is 1.92 bits per heavy atom. The zero-order valence-corrected chi connectivity index (χ0v) is 31.5. The van der Waals surface area contributed by atoms with Gasteiger partial charge in [-0.3, -0.25) is 4.79 Å². The summed E-state index contributed by atoms with van der Waals surface area (Å²) in [5.41, 5.74) is 2.18. The molecule has 0 spiro atoms. The number of carbonyl (C=O) groups is 2. The fourth-order valence-corrected chi connectivity index (χ4v) is 12.8. The Morgan fingerprint density at radius 3 is 2.67 bits per heavy atom. The molecule has 1 aromatic carbocycles. The van der Waals surface area contributed by atoms with E-state index in [2.05, 4.69) is 9.80 Å². The van der Waals surface area contributed by atoms with Crippen molar-refractivity contribution in [1.82, 2.24) is 24.3 Å². The minimum Gasteiger partial charge on any atom is -0.458 e. The second-order valence-corrected chi connectivity index (χ2v) is 18.0. The average Bonchev–Trinajstić information content (AvgIpc) is 3.39. The van der Waals surface area contributed by atoms with Crippen molar-refractivity contribution in [1.29, 1.82) is 0 Å². The third-order valence-corrected chi connectivity index (χ3v) is 15.1. The van der Waals surface area contributed by atoms with Gasteiger partial charge in [0.05, 0.1) is 11.3 Å². The van der Waals surface area contributed by atoms with Gasteiger partial charge in [-0.2, -0.15) is 0 Å². The molecule has 0 bridgehead atoms. The molecule has 4 aliphatic heterocycles. The van der Waals surface area contributed by atoms with Gasteiger partial charge in [0.15, 0.2) is 5.60 Å². The molecule has 3 atom stereocenters. The van der Waals surface area contributed by atoms with Crippen molar-refractivity contribution in [3.8, 4) is 17.1 Å². The number of pyridine rings is 2. The number of hydrogen-bond donors (Lipinski definition) is 3. The van der Waals surface area contributed by atoms with Crippen LogP contribution in [0.3, 0.4) is 0 Å². The van der Waals surface area contributed by atoms with Crippen molar-refractivity contribution < 1.29 is 34.4 Å². The van der Waals surface area contributed by atoms with Gasteiger partial charge >= 0.3 is 229 Å². The minimum atomic E-state index is -1.89. The average molecular weight is 787 g/mol. The standard InChI is InChI=1S/C36H45N5O8SSe/c1-3-23-24-16-22(49-35(46)40-9-5-8-39(31-21-51-50-20-30(31)40)11-10-38(12-14-42)13-15-43)6-7-28(24)37-32-25(23)18-41-29(32)17-27-26(33(41)44)19-48-34(45)36(27,47)4-2/h6-7,16-17,30-31,42-43,47H,3-5,8-15,18-21H2,1-2H3/t30-,31+,36+/m1/s1. The first-order chi connectivity index (χ1) is 24.7. The first-order valence-electron chi connectivity index (χ1n) is 17.8. The fraction of sp³-hybridized carbons (Fsp3) is 0.556. The summed E-state index contributed by atoms with van der Waals surface area (Å²) in [7, 11) is 1.92. The summed E-state index contributed by atoms with van der Waals surface area (Å²) in [5, 5.41) is 32.0. The molecule has 3 aromatic rings. The van der Waals surface area contributed by atoms with Crippen LogP contribution in [-0.4, -0.2) is 136 Å². The molecule has 0 aliphatic carbocycles. The van der Waals surface area contributed by atoms with Gasteiger partial charge in [-0.05, 0) is 12.5 Å². The summed E-state index contributed by atoms with van der Waals surface area (Å²) in [6.07, 6.45) is 1.20. The SMILES string of the molecule is CCc1c2c(nc3ccc(OC(=O)N4CCCN(CCN(CCO)CCO)[C@H]5C[Se]SC[C@H]54)cc13)-c1cc3c(c(=O)n1C2)COC(=O)[C@]3(O)CC. The Balaban J connectivity index is 1.14. The number of rotatable bonds is 10. The summed E-state index contributed by atoms with van der Waals surface area (Å²) < 4.78 is 13.0. The molecule has 0 saturated carbocycles. The van der Waals surface area contributed by atoms with E-state index in [9.17, 15) is 29.7 Å². The summed E-state index contributed by atoms with van der Waals surface area (Å²) in [4.78, 5) is 51.7. The van der Waals surface area contributed by atoms with Crippen LogP contribution in [0.1, 0.15) is 48.9 Å². The molecule has 3 N–H and O–H groups in total. The van der Waals surface area contributed by atoms with E-state index >= 15 is 0 Å². The Morgan fingerprint density at radius 1 is 1.12 bits per heavy atom. The second kappa shape index (κ2) is 15.2. The predicted octanol–water partition coefficient (Wildman–Crippen LogP) is 1.96. The number of aliphatic hydroxyl groups is 3. The number of aryl methyl sites for hydroxylation is 1. The molecule has 13 nitrogen and oxygen atoms in total.